The van der Waals surface area contributed by atoms with Gasteiger partial charge >= 0.3 is 0 Å². The third-order valence-electron chi connectivity index (χ3n) is 0.851. The smallest absolute Gasteiger partial charge is 0.164 e. The van der Waals surface area contributed by atoms with E-state index in [-0.39, 0.29) is 6.42 Å². The Labute approximate surface area is 46.8 Å². The summed E-state index contributed by atoms with van der Waals surface area (Å²) in [7, 11) is 0. The van der Waals surface area contributed by atoms with Crippen LogP contribution in [0.1, 0.15) is 6.42 Å². The monoisotopic (exact) mass is 124 g/mol. The highest BCUT2D eigenvalue weighted by Gasteiger charge is 2.09. The molecule has 2 atom stereocenters. The van der Waals surface area contributed by atoms with Gasteiger partial charge in [0.15, 0.2) is 6.30 Å². The molecule has 0 radical (unpaired) electrons. The highest BCUT2D eigenvalue weighted by atomic mass is 19.1. The van der Waals surface area contributed by atoms with Gasteiger partial charge in [-0.1, -0.05) is 0 Å². The lowest BCUT2D eigenvalue weighted by molar-refractivity contribution is 0.266. The van der Waals surface area contributed by atoms with E-state index in [0.717, 1.165) is 0 Å². The molecule has 0 aliphatic heterocycles. The summed E-state index contributed by atoms with van der Waals surface area (Å²) in [5, 5.41) is 0. The molecular formula is C4H10F2N2. The molecule has 0 aromatic heterocycles. The van der Waals surface area contributed by atoms with E-state index in [1.165, 1.54) is 0 Å². The fourth-order valence-electron chi connectivity index (χ4n) is 0.285. The molecule has 0 aromatic carbocycles. The van der Waals surface area contributed by atoms with Gasteiger partial charge < -0.3 is 11.5 Å². The number of rotatable bonds is 3. The van der Waals surface area contributed by atoms with Crippen molar-refractivity contribution in [3.8, 4) is 0 Å². The van der Waals surface area contributed by atoms with Crippen molar-refractivity contribution in [3.05, 3.63) is 0 Å². The molecular weight excluding hydrogens is 114 g/mol. The average molecular weight is 124 g/mol. The quantitative estimate of drug-likeness (QED) is 0.517. The van der Waals surface area contributed by atoms with Crippen LogP contribution in [-0.2, 0) is 0 Å². The lowest BCUT2D eigenvalue weighted by Crippen LogP contribution is -2.38. The lowest BCUT2D eigenvalue weighted by atomic mass is 10.2. The molecule has 4 heteroatoms. The summed E-state index contributed by atoms with van der Waals surface area (Å²) in [4.78, 5) is 0. The van der Waals surface area contributed by atoms with E-state index >= 15 is 0 Å². The molecule has 0 saturated carbocycles. The van der Waals surface area contributed by atoms with Gasteiger partial charge in [-0.15, -0.1) is 0 Å². The van der Waals surface area contributed by atoms with Crippen molar-refractivity contribution in [2.45, 2.75) is 18.8 Å². The number of alkyl halides is 2. The molecule has 8 heavy (non-hydrogen) atoms. The number of hydrogen-bond donors (Lipinski definition) is 2. The number of nitrogens with two attached hydrogens (primary N) is 2. The van der Waals surface area contributed by atoms with E-state index in [0.29, 0.717) is 0 Å². The molecule has 0 heterocycles. The summed E-state index contributed by atoms with van der Waals surface area (Å²) < 4.78 is 23.1. The fraction of sp³-hybridized carbons (Fsp3) is 1.00. The SMILES string of the molecule is NC(F)C(N)CCF. The Morgan fingerprint density at radius 3 is 2.00 bits per heavy atom. The average Bonchev–Trinajstić information content (AvgIpc) is 1.67. The molecule has 0 bridgehead atoms. The van der Waals surface area contributed by atoms with Gasteiger partial charge in [0.05, 0.1) is 12.7 Å². The van der Waals surface area contributed by atoms with Crippen LogP contribution in [0, 0.1) is 0 Å². The number of halogens is 2. The largest absolute Gasteiger partial charge is 0.324 e. The molecule has 0 saturated heterocycles. The first-order chi connectivity index (χ1) is 3.68. The van der Waals surface area contributed by atoms with Gasteiger partial charge in [0, 0.05) is 0 Å². The third kappa shape index (κ3) is 2.87. The van der Waals surface area contributed by atoms with Crippen molar-refractivity contribution >= 4 is 0 Å². The van der Waals surface area contributed by atoms with Crippen molar-refractivity contribution < 1.29 is 8.78 Å². The predicted octanol–water partition coefficient (Wildman–Crippen LogP) is -0.0724. The first-order valence-corrected chi connectivity index (χ1v) is 2.39. The van der Waals surface area contributed by atoms with Crippen LogP contribution in [0.25, 0.3) is 0 Å². The normalized spacial score (nSPS) is 18.0. The maximum absolute atomic E-state index is 11.8. The molecule has 0 aromatic rings. The molecule has 2 unspecified atom stereocenters. The zero-order chi connectivity index (χ0) is 6.57. The Morgan fingerprint density at radius 2 is 1.88 bits per heavy atom. The molecule has 2 nitrogen and oxygen atoms in total. The molecule has 0 aliphatic rings. The standard InChI is InChI=1S/C4H10F2N2/c5-2-1-3(7)4(6)8/h3-4H,1-2,7-8H2. The first-order valence-electron chi connectivity index (χ1n) is 2.39. The van der Waals surface area contributed by atoms with Gasteiger partial charge in [-0.05, 0) is 6.42 Å². The molecule has 50 valence electrons. The third-order valence-corrected chi connectivity index (χ3v) is 0.851. The summed E-state index contributed by atoms with van der Waals surface area (Å²) in [5.41, 5.74) is 9.65. The molecule has 0 aliphatic carbocycles. The molecule has 4 N–H and O–H groups in total. The highest BCUT2D eigenvalue weighted by Crippen LogP contribution is 1.93. The summed E-state index contributed by atoms with van der Waals surface area (Å²) in [5.74, 6) is 0. The molecule has 0 spiro atoms. The maximum Gasteiger partial charge on any atom is 0.164 e. The van der Waals surface area contributed by atoms with E-state index in [2.05, 4.69) is 5.73 Å². The van der Waals surface area contributed by atoms with Crippen molar-refractivity contribution in [2.75, 3.05) is 6.67 Å². The minimum absolute atomic E-state index is 0.00231. The minimum Gasteiger partial charge on any atom is -0.324 e. The lowest BCUT2D eigenvalue weighted by Gasteiger charge is -2.08. The van der Waals surface area contributed by atoms with Gasteiger partial charge in [0.1, 0.15) is 0 Å². The summed E-state index contributed by atoms with van der Waals surface area (Å²) in [6.45, 7) is -0.612. The maximum atomic E-state index is 11.8. The minimum atomic E-state index is -1.59. The van der Waals surface area contributed by atoms with E-state index in [1.807, 2.05) is 0 Å². The van der Waals surface area contributed by atoms with Crippen molar-refractivity contribution in [2.24, 2.45) is 11.5 Å². The zero-order valence-corrected chi connectivity index (χ0v) is 4.48. The van der Waals surface area contributed by atoms with Crippen LogP contribution in [0.4, 0.5) is 8.78 Å². The van der Waals surface area contributed by atoms with Gasteiger partial charge in [0.2, 0.25) is 0 Å². The Kier molecular flexibility index (Phi) is 3.64. The molecule has 0 fully saturated rings. The van der Waals surface area contributed by atoms with Crippen LogP contribution >= 0.6 is 0 Å². The second-order valence-corrected chi connectivity index (χ2v) is 1.59. The Hall–Kier alpha value is -0.220. The van der Waals surface area contributed by atoms with Crippen molar-refractivity contribution in [3.63, 3.8) is 0 Å². The van der Waals surface area contributed by atoms with Gasteiger partial charge in [-0.2, -0.15) is 0 Å². The Morgan fingerprint density at radius 1 is 1.38 bits per heavy atom. The summed E-state index contributed by atoms with van der Waals surface area (Å²) >= 11 is 0. The second-order valence-electron chi connectivity index (χ2n) is 1.59. The van der Waals surface area contributed by atoms with Gasteiger partial charge in [-0.3, -0.25) is 4.39 Å². The predicted molar refractivity (Wildman–Crippen MR) is 27.7 cm³/mol. The van der Waals surface area contributed by atoms with Crippen molar-refractivity contribution in [1.29, 1.82) is 0 Å². The van der Waals surface area contributed by atoms with Crippen molar-refractivity contribution in [1.82, 2.24) is 0 Å². The second kappa shape index (κ2) is 3.74. The molecule has 0 amide bonds. The first kappa shape index (κ1) is 7.78. The fourth-order valence-corrected chi connectivity index (χ4v) is 0.285. The zero-order valence-electron chi connectivity index (χ0n) is 4.48. The van der Waals surface area contributed by atoms with Crippen LogP contribution in [0.3, 0.4) is 0 Å². The number of hydrogen-bond acceptors (Lipinski definition) is 2. The van der Waals surface area contributed by atoms with Gasteiger partial charge in [-0.25, -0.2) is 4.39 Å². The summed E-state index contributed by atoms with van der Waals surface area (Å²) in [6, 6.07) is -0.847. The highest BCUT2D eigenvalue weighted by molar-refractivity contribution is 4.64. The van der Waals surface area contributed by atoms with E-state index in [4.69, 9.17) is 5.73 Å². The Bertz CT molecular complexity index is 58.0. The summed E-state index contributed by atoms with van der Waals surface area (Å²) in [6.07, 6.45) is -1.59. The van der Waals surface area contributed by atoms with E-state index in [1.54, 1.807) is 0 Å². The van der Waals surface area contributed by atoms with E-state index in [9.17, 15) is 8.78 Å². The molecule has 0 rings (SSSR count). The van der Waals surface area contributed by atoms with Crippen LogP contribution in [0.15, 0.2) is 0 Å². The topological polar surface area (TPSA) is 52.0 Å². The van der Waals surface area contributed by atoms with E-state index < -0.39 is 19.0 Å². The van der Waals surface area contributed by atoms with Gasteiger partial charge in [0.25, 0.3) is 0 Å². The van der Waals surface area contributed by atoms with Crippen LogP contribution < -0.4 is 11.5 Å². The van der Waals surface area contributed by atoms with Crippen LogP contribution in [-0.4, -0.2) is 19.0 Å². The van der Waals surface area contributed by atoms with Crippen LogP contribution in [0.5, 0.6) is 0 Å². The van der Waals surface area contributed by atoms with Crippen LogP contribution in [0.2, 0.25) is 0 Å². The Balaban J connectivity index is 3.17.